The molecule has 0 bridgehead atoms. The Hall–Kier alpha value is -3.94. The van der Waals surface area contributed by atoms with Gasteiger partial charge in [0.2, 0.25) is 0 Å². The number of anilines is 2. The maximum atomic E-state index is 5.72. The third kappa shape index (κ3) is 3.02. The van der Waals surface area contributed by atoms with Gasteiger partial charge in [-0.25, -0.2) is 4.98 Å². The molecule has 5 rings (SSSR count). The fourth-order valence-electron chi connectivity index (χ4n) is 3.54. The number of nitrogens with one attached hydrogen (secondary N) is 1. The van der Waals surface area contributed by atoms with Crippen molar-refractivity contribution in [2.24, 2.45) is 0 Å². The van der Waals surface area contributed by atoms with Crippen molar-refractivity contribution in [2.75, 3.05) is 32.8 Å². The van der Waals surface area contributed by atoms with Crippen LogP contribution in [0.3, 0.4) is 0 Å². The van der Waals surface area contributed by atoms with Crippen LogP contribution in [0.1, 0.15) is 0 Å². The Morgan fingerprint density at radius 1 is 1.00 bits per heavy atom. The molecule has 0 atom stereocenters. The van der Waals surface area contributed by atoms with Gasteiger partial charge in [-0.1, -0.05) is 6.07 Å². The number of rotatable bonds is 5. The summed E-state index contributed by atoms with van der Waals surface area (Å²) in [5.41, 5.74) is 2.98. The minimum Gasteiger partial charge on any atom is -0.496 e. The molecular weight excluding hydrogens is 384 g/mol. The average molecular weight is 404 g/mol. The van der Waals surface area contributed by atoms with Gasteiger partial charge >= 0.3 is 0 Å². The molecule has 0 unspecified atom stereocenters. The molecule has 0 aliphatic carbocycles. The molecule has 8 heteroatoms. The Morgan fingerprint density at radius 3 is 2.53 bits per heavy atom. The van der Waals surface area contributed by atoms with Crippen molar-refractivity contribution < 1.29 is 18.9 Å². The summed E-state index contributed by atoms with van der Waals surface area (Å²) in [5, 5.41) is 3.47. The lowest BCUT2D eigenvalue weighted by Gasteiger charge is -2.19. The molecule has 152 valence electrons. The number of benzene rings is 2. The van der Waals surface area contributed by atoms with Crippen molar-refractivity contribution in [1.82, 2.24) is 14.4 Å². The maximum absolute atomic E-state index is 5.72. The lowest BCUT2D eigenvalue weighted by molar-refractivity contribution is 0.171. The highest BCUT2D eigenvalue weighted by atomic mass is 16.6. The van der Waals surface area contributed by atoms with Gasteiger partial charge in [-0.15, -0.1) is 0 Å². The zero-order valence-electron chi connectivity index (χ0n) is 16.6. The SMILES string of the molecule is COc1cccc(OC)c1-c1nc2cnccn2c1Nc1ccc2c(c1)OCCO2. The lowest BCUT2D eigenvalue weighted by atomic mass is 10.1. The molecule has 0 amide bonds. The fraction of sp³-hybridized carbons (Fsp3) is 0.182. The van der Waals surface area contributed by atoms with Gasteiger partial charge in [0.25, 0.3) is 0 Å². The average Bonchev–Trinajstić information content (AvgIpc) is 3.16. The van der Waals surface area contributed by atoms with E-state index in [1.54, 1.807) is 26.6 Å². The summed E-state index contributed by atoms with van der Waals surface area (Å²) in [4.78, 5) is 9.01. The summed E-state index contributed by atoms with van der Waals surface area (Å²) in [5.74, 6) is 3.53. The van der Waals surface area contributed by atoms with Crippen LogP contribution in [0.4, 0.5) is 11.5 Å². The van der Waals surface area contributed by atoms with Gasteiger partial charge in [0.1, 0.15) is 36.2 Å². The normalized spacial score (nSPS) is 12.6. The number of ether oxygens (including phenoxy) is 4. The molecular formula is C22H20N4O4. The van der Waals surface area contributed by atoms with Crippen LogP contribution in [0, 0.1) is 0 Å². The van der Waals surface area contributed by atoms with Crippen molar-refractivity contribution >= 4 is 17.2 Å². The van der Waals surface area contributed by atoms with Gasteiger partial charge in [-0.3, -0.25) is 9.38 Å². The van der Waals surface area contributed by atoms with Crippen molar-refractivity contribution in [3.8, 4) is 34.3 Å². The number of fused-ring (bicyclic) bond motifs is 2. The van der Waals surface area contributed by atoms with Crippen LogP contribution in [0.5, 0.6) is 23.0 Å². The molecule has 0 radical (unpaired) electrons. The van der Waals surface area contributed by atoms with E-state index in [1.165, 1.54) is 0 Å². The minimum atomic E-state index is 0.529. The molecule has 0 fully saturated rings. The van der Waals surface area contributed by atoms with E-state index in [9.17, 15) is 0 Å². The third-order valence-electron chi connectivity index (χ3n) is 4.90. The molecule has 2 aromatic carbocycles. The summed E-state index contributed by atoms with van der Waals surface area (Å²) < 4.78 is 24.5. The van der Waals surface area contributed by atoms with E-state index in [1.807, 2.05) is 47.0 Å². The van der Waals surface area contributed by atoms with Gasteiger partial charge in [-0.05, 0) is 24.3 Å². The molecule has 2 aromatic heterocycles. The minimum absolute atomic E-state index is 0.529. The van der Waals surface area contributed by atoms with Gasteiger partial charge in [0.15, 0.2) is 17.1 Å². The molecule has 0 saturated carbocycles. The van der Waals surface area contributed by atoms with Crippen molar-refractivity contribution in [3.05, 3.63) is 55.0 Å². The van der Waals surface area contributed by atoms with Gasteiger partial charge < -0.3 is 24.3 Å². The first kappa shape index (κ1) is 18.1. The second kappa shape index (κ2) is 7.47. The number of hydrogen-bond donors (Lipinski definition) is 1. The number of aromatic nitrogens is 3. The molecule has 4 aromatic rings. The molecule has 0 spiro atoms. The number of nitrogens with zero attached hydrogens (tertiary/aromatic N) is 3. The summed E-state index contributed by atoms with van der Waals surface area (Å²) in [6.07, 6.45) is 5.28. The highest BCUT2D eigenvalue weighted by molar-refractivity contribution is 5.86. The van der Waals surface area contributed by atoms with Crippen molar-refractivity contribution in [3.63, 3.8) is 0 Å². The zero-order valence-corrected chi connectivity index (χ0v) is 16.6. The molecule has 1 aliphatic rings. The van der Waals surface area contributed by atoms with E-state index in [0.717, 1.165) is 22.8 Å². The molecule has 8 nitrogen and oxygen atoms in total. The summed E-state index contributed by atoms with van der Waals surface area (Å²) in [7, 11) is 3.26. The Labute approximate surface area is 173 Å². The molecule has 1 aliphatic heterocycles. The van der Waals surface area contributed by atoms with Crippen LogP contribution >= 0.6 is 0 Å². The van der Waals surface area contributed by atoms with Crippen LogP contribution in [0.25, 0.3) is 16.9 Å². The summed E-state index contributed by atoms with van der Waals surface area (Å²) in [6.45, 7) is 1.08. The van der Waals surface area contributed by atoms with Crippen molar-refractivity contribution in [2.45, 2.75) is 0 Å². The predicted molar refractivity (Wildman–Crippen MR) is 112 cm³/mol. The highest BCUT2D eigenvalue weighted by Crippen LogP contribution is 2.43. The summed E-state index contributed by atoms with van der Waals surface area (Å²) >= 11 is 0. The van der Waals surface area contributed by atoms with E-state index < -0.39 is 0 Å². The van der Waals surface area contributed by atoms with E-state index >= 15 is 0 Å². The smallest absolute Gasteiger partial charge is 0.163 e. The van der Waals surface area contributed by atoms with E-state index in [2.05, 4.69) is 10.3 Å². The lowest BCUT2D eigenvalue weighted by Crippen LogP contribution is -2.15. The van der Waals surface area contributed by atoms with E-state index in [-0.39, 0.29) is 0 Å². The van der Waals surface area contributed by atoms with Gasteiger partial charge in [0.05, 0.1) is 26.0 Å². The molecule has 3 heterocycles. The van der Waals surface area contributed by atoms with Crippen LogP contribution in [0.2, 0.25) is 0 Å². The highest BCUT2D eigenvalue weighted by Gasteiger charge is 2.22. The zero-order chi connectivity index (χ0) is 20.5. The molecule has 0 saturated heterocycles. The first-order valence-electron chi connectivity index (χ1n) is 9.48. The topological polar surface area (TPSA) is 79.1 Å². The Morgan fingerprint density at radius 2 is 1.77 bits per heavy atom. The Kier molecular flexibility index (Phi) is 4.51. The predicted octanol–water partition coefficient (Wildman–Crippen LogP) is 3.93. The largest absolute Gasteiger partial charge is 0.496 e. The van der Waals surface area contributed by atoms with E-state index in [4.69, 9.17) is 23.9 Å². The first-order valence-corrected chi connectivity index (χ1v) is 9.48. The second-order valence-electron chi connectivity index (χ2n) is 6.63. The van der Waals surface area contributed by atoms with Crippen molar-refractivity contribution in [1.29, 1.82) is 0 Å². The van der Waals surface area contributed by atoms with Crippen LogP contribution in [0.15, 0.2) is 55.0 Å². The summed E-state index contributed by atoms with van der Waals surface area (Å²) in [6, 6.07) is 11.4. The number of imidazole rings is 1. The quantitative estimate of drug-likeness (QED) is 0.540. The maximum Gasteiger partial charge on any atom is 0.163 e. The number of hydrogen-bond acceptors (Lipinski definition) is 7. The second-order valence-corrected chi connectivity index (χ2v) is 6.63. The number of methoxy groups -OCH3 is 2. The molecule has 30 heavy (non-hydrogen) atoms. The van der Waals surface area contributed by atoms with Crippen LogP contribution in [-0.4, -0.2) is 41.8 Å². The fourth-order valence-corrected chi connectivity index (χ4v) is 3.54. The monoisotopic (exact) mass is 404 g/mol. The molecule has 1 N–H and O–H groups in total. The third-order valence-corrected chi connectivity index (χ3v) is 4.90. The van der Waals surface area contributed by atoms with Gasteiger partial charge in [-0.2, -0.15) is 0 Å². The first-order chi connectivity index (χ1) is 14.8. The Balaban J connectivity index is 1.68. The van der Waals surface area contributed by atoms with E-state index in [0.29, 0.717) is 41.8 Å². The Bertz CT molecular complexity index is 1200. The standard InChI is InChI=1S/C22H20N4O4/c1-27-16-4-3-5-17(28-2)20(16)21-22(26-9-8-23-13-19(26)25-21)24-14-6-7-15-18(12-14)30-11-10-29-15/h3-9,12-13,24H,10-11H2,1-2H3. The van der Waals surface area contributed by atoms with Crippen LogP contribution in [-0.2, 0) is 0 Å². The van der Waals surface area contributed by atoms with Crippen LogP contribution < -0.4 is 24.3 Å². The van der Waals surface area contributed by atoms with Gasteiger partial charge in [0, 0.05) is 24.1 Å².